The number of hydrogen-bond donors (Lipinski definition) is 0. The van der Waals surface area contributed by atoms with Gasteiger partial charge in [-0.15, -0.1) is 0 Å². The van der Waals surface area contributed by atoms with E-state index in [1.807, 2.05) is 0 Å². The standard InChI is InChI=1S/C8H3BrClF5/c9-4-2-1-3(7(11)12)5(6(4)10)8(13,14)15/h1-2,7H. The number of rotatable bonds is 1. The molecule has 0 unspecified atom stereocenters. The second-order valence-electron chi connectivity index (χ2n) is 2.62. The molecule has 0 aliphatic carbocycles. The first-order valence-corrected chi connectivity index (χ1v) is 4.75. The lowest BCUT2D eigenvalue weighted by molar-refractivity contribution is -0.139. The predicted octanol–water partition coefficient (Wildman–Crippen LogP) is 5.06. The number of benzene rings is 1. The van der Waals surface area contributed by atoms with E-state index in [1.165, 1.54) is 0 Å². The first-order chi connectivity index (χ1) is 6.75. The van der Waals surface area contributed by atoms with Gasteiger partial charge in [-0.05, 0) is 22.0 Å². The molecule has 0 aliphatic rings. The summed E-state index contributed by atoms with van der Waals surface area (Å²) in [6.45, 7) is 0. The molecule has 0 fully saturated rings. The van der Waals surface area contributed by atoms with E-state index in [-0.39, 0.29) is 4.47 Å². The van der Waals surface area contributed by atoms with Crippen LogP contribution in [0.15, 0.2) is 16.6 Å². The van der Waals surface area contributed by atoms with Gasteiger partial charge in [0, 0.05) is 10.0 Å². The Morgan fingerprint density at radius 1 is 1.20 bits per heavy atom. The molecule has 0 radical (unpaired) electrons. The summed E-state index contributed by atoms with van der Waals surface area (Å²) >= 11 is 8.07. The van der Waals surface area contributed by atoms with Crippen molar-refractivity contribution >= 4 is 27.5 Å². The van der Waals surface area contributed by atoms with Crippen LogP contribution in [0, 0.1) is 0 Å². The van der Waals surface area contributed by atoms with Crippen molar-refractivity contribution in [2.75, 3.05) is 0 Å². The molecule has 0 spiro atoms. The lowest BCUT2D eigenvalue weighted by atomic mass is 10.1. The highest BCUT2D eigenvalue weighted by Crippen LogP contribution is 2.43. The summed E-state index contributed by atoms with van der Waals surface area (Å²) in [5, 5.41) is -0.750. The third-order valence-corrected chi connectivity index (χ3v) is 2.93. The van der Waals surface area contributed by atoms with Gasteiger partial charge in [0.15, 0.2) is 0 Å². The Morgan fingerprint density at radius 2 is 1.73 bits per heavy atom. The molecule has 0 saturated carbocycles. The van der Waals surface area contributed by atoms with Crippen LogP contribution in [0.2, 0.25) is 5.02 Å². The average molecular weight is 309 g/mol. The van der Waals surface area contributed by atoms with Crippen molar-refractivity contribution in [2.45, 2.75) is 12.6 Å². The summed E-state index contributed by atoms with van der Waals surface area (Å²) < 4.78 is 61.8. The number of alkyl halides is 5. The van der Waals surface area contributed by atoms with Crippen molar-refractivity contribution in [3.63, 3.8) is 0 Å². The van der Waals surface area contributed by atoms with Gasteiger partial charge in [-0.3, -0.25) is 0 Å². The number of hydrogen-bond acceptors (Lipinski definition) is 0. The molecule has 1 aromatic carbocycles. The Hall–Kier alpha value is -0.360. The fraction of sp³-hybridized carbons (Fsp3) is 0.250. The van der Waals surface area contributed by atoms with Crippen molar-refractivity contribution < 1.29 is 22.0 Å². The Kier molecular flexibility index (Phi) is 3.60. The SMILES string of the molecule is FC(F)c1ccc(Br)c(Cl)c1C(F)(F)F. The maximum Gasteiger partial charge on any atom is 0.418 e. The molecular weight excluding hydrogens is 306 g/mol. The zero-order chi connectivity index (χ0) is 11.8. The lowest BCUT2D eigenvalue weighted by Crippen LogP contribution is -2.10. The molecule has 0 aromatic heterocycles. The molecule has 0 nitrogen and oxygen atoms in total. The highest BCUT2D eigenvalue weighted by Gasteiger charge is 2.38. The van der Waals surface area contributed by atoms with Gasteiger partial charge < -0.3 is 0 Å². The van der Waals surface area contributed by atoms with Crippen LogP contribution in [0.3, 0.4) is 0 Å². The van der Waals surface area contributed by atoms with Crippen LogP contribution in [-0.4, -0.2) is 0 Å². The maximum atomic E-state index is 12.4. The largest absolute Gasteiger partial charge is 0.418 e. The molecule has 1 rings (SSSR count). The molecule has 0 amide bonds. The van der Waals surface area contributed by atoms with Gasteiger partial charge in [-0.2, -0.15) is 13.2 Å². The van der Waals surface area contributed by atoms with Crippen molar-refractivity contribution in [2.24, 2.45) is 0 Å². The summed E-state index contributed by atoms with van der Waals surface area (Å²) in [5.41, 5.74) is -2.61. The van der Waals surface area contributed by atoms with Gasteiger partial charge in [0.1, 0.15) is 0 Å². The molecule has 15 heavy (non-hydrogen) atoms. The summed E-state index contributed by atoms with van der Waals surface area (Å²) in [7, 11) is 0. The van der Waals surface area contributed by atoms with Gasteiger partial charge in [0.05, 0.1) is 10.6 Å². The molecule has 0 heterocycles. The van der Waals surface area contributed by atoms with Crippen molar-refractivity contribution in [1.29, 1.82) is 0 Å². The summed E-state index contributed by atoms with van der Waals surface area (Å²) in [4.78, 5) is 0. The first kappa shape index (κ1) is 12.7. The molecule has 0 saturated heterocycles. The fourth-order valence-electron chi connectivity index (χ4n) is 1.04. The van der Waals surface area contributed by atoms with Crippen LogP contribution >= 0.6 is 27.5 Å². The average Bonchev–Trinajstić information content (AvgIpc) is 2.06. The summed E-state index contributed by atoms with van der Waals surface area (Å²) in [6.07, 6.45) is -8.11. The van der Waals surface area contributed by atoms with Gasteiger partial charge in [0.25, 0.3) is 6.43 Å². The van der Waals surface area contributed by atoms with Gasteiger partial charge in [0.2, 0.25) is 0 Å². The second-order valence-corrected chi connectivity index (χ2v) is 3.86. The topological polar surface area (TPSA) is 0 Å². The molecule has 0 N–H and O–H groups in total. The van der Waals surface area contributed by atoms with Crippen LogP contribution in [0.5, 0.6) is 0 Å². The van der Waals surface area contributed by atoms with E-state index in [4.69, 9.17) is 11.6 Å². The molecule has 84 valence electrons. The van der Waals surface area contributed by atoms with Crippen molar-refractivity contribution in [3.05, 3.63) is 32.8 Å². The van der Waals surface area contributed by atoms with E-state index < -0.39 is 28.8 Å². The molecule has 7 heteroatoms. The predicted molar refractivity (Wildman–Crippen MR) is 49.1 cm³/mol. The van der Waals surface area contributed by atoms with E-state index >= 15 is 0 Å². The molecular formula is C8H3BrClF5. The monoisotopic (exact) mass is 308 g/mol. The van der Waals surface area contributed by atoms with E-state index in [1.54, 1.807) is 0 Å². The van der Waals surface area contributed by atoms with Crippen molar-refractivity contribution in [3.8, 4) is 0 Å². The van der Waals surface area contributed by atoms with Gasteiger partial charge in [-0.25, -0.2) is 8.78 Å². The normalized spacial score (nSPS) is 12.3. The molecule has 0 bridgehead atoms. The van der Waals surface area contributed by atoms with E-state index in [0.29, 0.717) is 6.07 Å². The summed E-state index contributed by atoms with van der Waals surface area (Å²) in [5.74, 6) is 0. The Labute approximate surface area is 95.2 Å². The van der Waals surface area contributed by atoms with Crippen LogP contribution in [0.1, 0.15) is 17.6 Å². The minimum absolute atomic E-state index is 0.0686. The van der Waals surface area contributed by atoms with Crippen LogP contribution in [-0.2, 0) is 6.18 Å². The molecule has 0 aliphatic heterocycles. The smallest absolute Gasteiger partial charge is 0.205 e. The zero-order valence-electron chi connectivity index (χ0n) is 6.88. The van der Waals surface area contributed by atoms with E-state index in [0.717, 1.165) is 6.07 Å². The van der Waals surface area contributed by atoms with E-state index in [2.05, 4.69) is 15.9 Å². The quantitative estimate of drug-likeness (QED) is 0.636. The number of halogens is 7. The third kappa shape index (κ3) is 2.60. The molecule has 0 atom stereocenters. The Morgan fingerprint density at radius 3 is 2.13 bits per heavy atom. The minimum Gasteiger partial charge on any atom is -0.205 e. The van der Waals surface area contributed by atoms with Crippen LogP contribution in [0.25, 0.3) is 0 Å². The third-order valence-electron chi connectivity index (χ3n) is 1.65. The van der Waals surface area contributed by atoms with Crippen LogP contribution < -0.4 is 0 Å². The fourth-order valence-corrected chi connectivity index (χ4v) is 1.65. The van der Waals surface area contributed by atoms with Gasteiger partial charge in [-0.1, -0.05) is 17.7 Å². The first-order valence-electron chi connectivity index (χ1n) is 3.58. The van der Waals surface area contributed by atoms with E-state index in [9.17, 15) is 22.0 Å². The maximum absolute atomic E-state index is 12.4. The second kappa shape index (κ2) is 4.25. The molecule has 1 aromatic rings. The van der Waals surface area contributed by atoms with Crippen molar-refractivity contribution in [1.82, 2.24) is 0 Å². The van der Waals surface area contributed by atoms with Crippen LogP contribution in [0.4, 0.5) is 22.0 Å². The zero-order valence-corrected chi connectivity index (χ0v) is 9.22. The highest BCUT2D eigenvalue weighted by atomic mass is 79.9. The minimum atomic E-state index is -4.90. The summed E-state index contributed by atoms with van der Waals surface area (Å²) in [6, 6.07) is 1.75. The Bertz CT molecular complexity index is 374. The lowest BCUT2D eigenvalue weighted by Gasteiger charge is -2.14. The van der Waals surface area contributed by atoms with Gasteiger partial charge >= 0.3 is 6.18 Å². The Balaban J connectivity index is 3.49. The highest BCUT2D eigenvalue weighted by molar-refractivity contribution is 9.10.